The van der Waals surface area contributed by atoms with Crippen molar-refractivity contribution >= 4 is 34.9 Å². The monoisotopic (exact) mass is 497 g/mol. The van der Waals surface area contributed by atoms with E-state index < -0.39 is 5.82 Å². The van der Waals surface area contributed by atoms with Gasteiger partial charge in [0.05, 0.1) is 28.7 Å². The Bertz CT molecular complexity index is 1180. The first-order valence-electron chi connectivity index (χ1n) is 11.9. The number of nitrogens with one attached hydrogen (secondary N) is 2. The Balaban J connectivity index is 1.40. The summed E-state index contributed by atoms with van der Waals surface area (Å²) in [5.74, 6) is 0.610. The van der Waals surface area contributed by atoms with Crippen molar-refractivity contribution in [3.63, 3.8) is 0 Å². The number of anilines is 4. The van der Waals surface area contributed by atoms with E-state index in [-0.39, 0.29) is 23.5 Å². The van der Waals surface area contributed by atoms with Gasteiger partial charge >= 0.3 is 0 Å². The first-order chi connectivity index (χ1) is 17.0. The highest BCUT2D eigenvalue weighted by atomic mass is 32.2. The molecule has 0 bridgehead atoms. The fraction of sp³-hybridized carbons (Fsp3) is 0.400. The molecule has 0 atom stereocenters. The molecule has 0 radical (unpaired) electrons. The number of halogens is 2. The van der Waals surface area contributed by atoms with E-state index in [1.165, 1.54) is 17.8 Å². The Hall–Kier alpha value is -2.98. The van der Waals surface area contributed by atoms with Gasteiger partial charge in [-0.15, -0.1) is 11.8 Å². The van der Waals surface area contributed by atoms with Crippen LogP contribution in [-0.4, -0.2) is 59.5 Å². The summed E-state index contributed by atoms with van der Waals surface area (Å²) in [5, 5.41) is 6.44. The van der Waals surface area contributed by atoms with Crippen molar-refractivity contribution in [3.8, 4) is 11.3 Å². The molecule has 2 aromatic heterocycles. The van der Waals surface area contributed by atoms with Crippen LogP contribution in [0.15, 0.2) is 41.6 Å². The van der Waals surface area contributed by atoms with E-state index >= 15 is 4.39 Å². The molecule has 0 unspecified atom stereocenters. The summed E-state index contributed by atoms with van der Waals surface area (Å²) in [5.41, 5.74) is 2.27. The summed E-state index contributed by atoms with van der Waals surface area (Å²) in [7, 11) is 0. The van der Waals surface area contributed by atoms with E-state index in [4.69, 9.17) is 0 Å². The molecule has 0 aliphatic carbocycles. The van der Waals surface area contributed by atoms with Gasteiger partial charge in [-0.3, -0.25) is 0 Å². The van der Waals surface area contributed by atoms with Crippen LogP contribution in [-0.2, 0) is 0 Å². The van der Waals surface area contributed by atoms with Gasteiger partial charge in [-0.25, -0.2) is 23.7 Å². The van der Waals surface area contributed by atoms with Crippen molar-refractivity contribution in [2.24, 2.45) is 0 Å². The highest BCUT2D eigenvalue weighted by Gasteiger charge is 2.25. The van der Waals surface area contributed by atoms with Crippen LogP contribution in [0, 0.1) is 11.6 Å². The Morgan fingerprint density at radius 3 is 2.71 bits per heavy atom. The zero-order valence-corrected chi connectivity index (χ0v) is 20.7. The summed E-state index contributed by atoms with van der Waals surface area (Å²) in [6, 6.07) is 7.24. The van der Waals surface area contributed by atoms with Gasteiger partial charge in [0, 0.05) is 43.5 Å². The zero-order chi connectivity index (χ0) is 24.4. The van der Waals surface area contributed by atoms with Crippen molar-refractivity contribution < 1.29 is 8.78 Å². The van der Waals surface area contributed by atoms with Crippen LogP contribution in [0.1, 0.15) is 20.3 Å². The van der Waals surface area contributed by atoms with E-state index in [0.29, 0.717) is 16.3 Å². The van der Waals surface area contributed by atoms with Crippen LogP contribution in [0.3, 0.4) is 0 Å². The quantitative estimate of drug-likeness (QED) is 0.527. The van der Waals surface area contributed by atoms with Gasteiger partial charge in [-0.2, -0.15) is 0 Å². The highest BCUT2D eigenvalue weighted by molar-refractivity contribution is 7.99. The van der Waals surface area contributed by atoms with Crippen LogP contribution in [0.2, 0.25) is 0 Å². The molecular weight excluding hydrogens is 468 g/mol. The number of fused-ring (bicyclic) bond motifs is 1. The Morgan fingerprint density at radius 2 is 1.91 bits per heavy atom. The number of thioether (sulfide) groups is 1. The van der Waals surface area contributed by atoms with E-state index in [1.807, 2.05) is 24.4 Å². The number of benzene rings is 1. The third kappa shape index (κ3) is 5.18. The summed E-state index contributed by atoms with van der Waals surface area (Å²) >= 11 is 1.49. The van der Waals surface area contributed by atoms with Crippen LogP contribution >= 0.6 is 11.8 Å². The number of hydrogen-bond acceptors (Lipinski definition) is 8. The largest absolute Gasteiger partial charge is 0.369 e. The first kappa shape index (κ1) is 23.7. The van der Waals surface area contributed by atoms with Gasteiger partial charge in [0.15, 0.2) is 5.82 Å². The molecule has 35 heavy (non-hydrogen) atoms. The van der Waals surface area contributed by atoms with E-state index in [0.717, 1.165) is 62.5 Å². The van der Waals surface area contributed by atoms with Gasteiger partial charge in [0.2, 0.25) is 5.95 Å². The van der Waals surface area contributed by atoms with Crippen LogP contribution in [0.5, 0.6) is 0 Å². The molecule has 1 saturated heterocycles. The standard InChI is InChI=1S/C25H29F2N7S/c1-16(2)34-10-11-35-24-19(26)12-17(13-21(24)34)23-20(27)15-30-25(32-23)31-22-5-4-18(14-29-22)33-8-3-6-28-7-9-33/h4-5,12-16,28H,3,6-11H2,1-2H3,(H,29,30,31,32). The molecule has 0 spiro atoms. The molecule has 2 N–H and O–H groups in total. The normalized spacial score (nSPS) is 16.3. The van der Waals surface area contributed by atoms with Gasteiger partial charge in [0.1, 0.15) is 17.3 Å². The third-order valence-electron chi connectivity index (χ3n) is 6.25. The molecule has 2 aliphatic rings. The number of pyridine rings is 1. The SMILES string of the molecule is CC(C)N1CCSc2c(F)cc(-c3nc(Nc4ccc(N5CCCNCC5)cn4)ncc3F)cc21. The second-order valence-corrected chi connectivity index (χ2v) is 10.1. The Labute approximate surface area is 208 Å². The molecule has 10 heteroatoms. The minimum absolute atomic E-state index is 0.0529. The zero-order valence-electron chi connectivity index (χ0n) is 19.9. The second-order valence-electron chi connectivity index (χ2n) is 8.95. The highest BCUT2D eigenvalue weighted by Crippen LogP contribution is 2.41. The van der Waals surface area contributed by atoms with Crippen LogP contribution in [0.4, 0.5) is 31.9 Å². The molecule has 3 aromatic rings. The van der Waals surface area contributed by atoms with E-state index in [2.05, 4.69) is 49.2 Å². The smallest absolute Gasteiger partial charge is 0.229 e. The maximum absolute atomic E-state index is 15.0. The Kier molecular flexibility index (Phi) is 7.01. The van der Waals surface area contributed by atoms with Gasteiger partial charge in [-0.05, 0) is 51.1 Å². The molecule has 5 rings (SSSR count). The van der Waals surface area contributed by atoms with Crippen molar-refractivity contribution in [2.75, 3.05) is 53.6 Å². The minimum atomic E-state index is -0.604. The predicted molar refractivity (Wildman–Crippen MR) is 138 cm³/mol. The van der Waals surface area contributed by atoms with Crippen molar-refractivity contribution in [1.29, 1.82) is 0 Å². The van der Waals surface area contributed by atoms with Crippen molar-refractivity contribution in [1.82, 2.24) is 20.3 Å². The molecule has 0 saturated carbocycles. The molecule has 1 fully saturated rings. The third-order valence-corrected chi connectivity index (χ3v) is 7.33. The average molecular weight is 498 g/mol. The number of rotatable bonds is 5. The van der Waals surface area contributed by atoms with Crippen LogP contribution < -0.4 is 20.4 Å². The molecule has 184 valence electrons. The molecule has 7 nitrogen and oxygen atoms in total. The van der Waals surface area contributed by atoms with Gasteiger partial charge in [0.25, 0.3) is 0 Å². The second kappa shape index (κ2) is 10.3. The van der Waals surface area contributed by atoms with Crippen molar-refractivity contribution in [2.45, 2.75) is 31.2 Å². The molecule has 4 heterocycles. The molecule has 0 amide bonds. The average Bonchev–Trinajstić information content (AvgIpc) is 3.15. The van der Waals surface area contributed by atoms with Crippen molar-refractivity contribution in [3.05, 3.63) is 48.3 Å². The van der Waals surface area contributed by atoms with E-state index in [1.54, 1.807) is 0 Å². The minimum Gasteiger partial charge on any atom is -0.369 e. The van der Waals surface area contributed by atoms with E-state index in [9.17, 15) is 4.39 Å². The summed E-state index contributed by atoms with van der Waals surface area (Å²) in [4.78, 5) is 18.0. The Morgan fingerprint density at radius 1 is 1.03 bits per heavy atom. The van der Waals surface area contributed by atoms with Crippen LogP contribution in [0.25, 0.3) is 11.3 Å². The summed E-state index contributed by atoms with van der Waals surface area (Å²) in [6.45, 7) is 8.84. The predicted octanol–water partition coefficient (Wildman–Crippen LogP) is 4.68. The lowest BCUT2D eigenvalue weighted by atomic mass is 10.1. The fourth-order valence-electron chi connectivity index (χ4n) is 4.47. The topological polar surface area (TPSA) is 69.2 Å². The number of hydrogen-bond donors (Lipinski definition) is 2. The molecule has 1 aromatic carbocycles. The first-order valence-corrected chi connectivity index (χ1v) is 12.9. The summed E-state index contributed by atoms with van der Waals surface area (Å²) < 4.78 is 29.8. The van der Waals surface area contributed by atoms with Gasteiger partial charge < -0.3 is 20.4 Å². The maximum atomic E-state index is 15.0. The number of nitrogens with zero attached hydrogens (tertiary/aromatic N) is 5. The van der Waals surface area contributed by atoms with Gasteiger partial charge in [-0.1, -0.05) is 0 Å². The lowest BCUT2D eigenvalue weighted by Gasteiger charge is -2.34. The summed E-state index contributed by atoms with van der Waals surface area (Å²) in [6.07, 6.45) is 4.01. The molecule has 2 aliphatic heterocycles. The lowest BCUT2D eigenvalue weighted by Crippen LogP contribution is -2.35. The maximum Gasteiger partial charge on any atom is 0.229 e. The lowest BCUT2D eigenvalue weighted by molar-refractivity contribution is 0.592. The fourth-order valence-corrected chi connectivity index (χ4v) is 5.48. The molecular formula is C25H29F2N7S. The number of aromatic nitrogens is 3.